The van der Waals surface area contributed by atoms with Crippen molar-refractivity contribution in [2.45, 2.75) is 6.92 Å². The van der Waals surface area contributed by atoms with E-state index in [1.807, 2.05) is 19.2 Å². The smallest absolute Gasteiger partial charge is 0.137 e. The molecule has 1 saturated heterocycles. The molecule has 4 heterocycles. The number of benzene rings is 2. The average Bonchev–Trinajstić information content (AvgIpc) is 3.27. The number of anilines is 1. The Morgan fingerprint density at radius 2 is 1.65 bits per heavy atom. The van der Waals surface area contributed by atoms with E-state index >= 15 is 0 Å². The highest BCUT2D eigenvalue weighted by Crippen LogP contribution is 2.31. The normalized spacial score (nSPS) is 14.9. The summed E-state index contributed by atoms with van der Waals surface area (Å²) in [5.74, 6) is -0.280. The molecule has 1 aliphatic heterocycles. The maximum Gasteiger partial charge on any atom is 0.137 e. The first-order valence-electron chi connectivity index (χ1n) is 11.6. The lowest BCUT2D eigenvalue weighted by Crippen LogP contribution is -2.44. The standard InChI is InChI=1S/C28H26FN5/c1-19-15-25(24-8-5-22(29)17-26(24)31-19)27-18-30-28-16-21(9-10-34(27)28)20-3-6-23(7-4-20)33-13-11-32(2)12-14-33/h3-10,15-18H,11-14H2,1-2H3. The number of aromatic nitrogens is 3. The topological polar surface area (TPSA) is 36.7 Å². The Labute approximate surface area is 198 Å². The van der Waals surface area contributed by atoms with E-state index in [1.54, 1.807) is 6.07 Å². The van der Waals surface area contributed by atoms with Gasteiger partial charge in [-0.15, -0.1) is 0 Å². The molecule has 1 aliphatic rings. The predicted octanol–water partition coefficient (Wildman–Crippen LogP) is 5.42. The Morgan fingerprint density at radius 3 is 2.44 bits per heavy atom. The summed E-state index contributed by atoms with van der Waals surface area (Å²) in [6.07, 6.45) is 3.94. The molecule has 5 aromatic rings. The minimum absolute atomic E-state index is 0.280. The zero-order valence-corrected chi connectivity index (χ0v) is 19.4. The van der Waals surface area contributed by atoms with Gasteiger partial charge in [-0.1, -0.05) is 12.1 Å². The molecule has 2 aromatic carbocycles. The summed E-state index contributed by atoms with van der Waals surface area (Å²) in [6, 6.07) is 19.9. The number of aryl methyl sites for hydroxylation is 1. The molecule has 0 aliphatic carbocycles. The lowest BCUT2D eigenvalue weighted by Gasteiger charge is -2.34. The molecule has 0 unspecified atom stereocenters. The van der Waals surface area contributed by atoms with E-state index in [1.165, 1.54) is 23.4 Å². The lowest BCUT2D eigenvalue weighted by molar-refractivity contribution is 0.313. The largest absolute Gasteiger partial charge is 0.369 e. The second kappa shape index (κ2) is 8.22. The summed E-state index contributed by atoms with van der Waals surface area (Å²) in [7, 11) is 2.18. The summed E-state index contributed by atoms with van der Waals surface area (Å²) < 4.78 is 15.9. The number of piperazine rings is 1. The van der Waals surface area contributed by atoms with Crippen molar-refractivity contribution >= 4 is 22.2 Å². The maximum atomic E-state index is 13.8. The van der Waals surface area contributed by atoms with Gasteiger partial charge in [0, 0.05) is 60.8 Å². The van der Waals surface area contributed by atoms with Crippen molar-refractivity contribution in [2.24, 2.45) is 0 Å². The number of rotatable bonds is 3. The second-order valence-electron chi connectivity index (χ2n) is 9.10. The van der Waals surface area contributed by atoms with Crippen molar-refractivity contribution in [3.63, 3.8) is 0 Å². The fraction of sp³-hybridized carbons (Fsp3) is 0.214. The minimum Gasteiger partial charge on any atom is -0.369 e. The molecule has 1 fully saturated rings. The van der Waals surface area contributed by atoms with E-state index in [-0.39, 0.29) is 5.82 Å². The van der Waals surface area contributed by atoms with E-state index in [0.717, 1.165) is 59.7 Å². The van der Waals surface area contributed by atoms with E-state index in [0.29, 0.717) is 5.52 Å². The number of hydrogen-bond acceptors (Lipinski definition) is 4. The van der Waals surface area contributed by atoms with Crippen LogP contribution in [0.25, 0.3) is 38.9 Å². The fourth-order valence-electron chi connectivity index (χ4n) is 4.83. The van der Waals surface area contributed by atoms with Crippen LogP contribution in [0.4, 0.5) is 10.1 Å². The number of nitrogens with zero attached hydrogens (tertiary/aromatic N) is 5. The fourth-order valence-corrected chi connectivity index (χ4v) is 4.83. The van der Waals surface area contributed by atoms with Gasteiger partial charge in [-0.2, -0.15) is 0 Å². The predicted molar refractivity (Wildman–Crippen MR) is 136 cm³/mol. The molecule has 3 aromatic heterocycles. The van der Waals surface area contributed by atoms with Crippen LogP contribution in [-0.4, -0.2) is 52.5 Å². The van der Waals surface area contributed by atoms with Gasteiger partial charge < -0.3 is 9.80 Å². The Hall–Kier alpha value is -3.77. The highest BCUT2D eigenvalue weighted by atomic mass is 19.1. The van der Waals surface area contributed by atoms with Crippen LogP contribution < -0.4 is 4.90 Å². The monoisotopic (exact) mass is 451 g/mol. The Bertz CT molecular complexity index is 1490. The van der Waals surface area contributed by atoms with Crippen LogP contribution in [0.1, 0.15) is 5.69 Å². The molecule has 34 heavy (non-hydrogen) atoms. The average molecular weight is 452 g/mol. The first kappa shape index (κ1) is 20.8. The van der Waals surface area contributed by atoms with Crippen LogP contribution in [0.3, 0.4) is 0 Å². The van der Waals surface area contributed by atoms with Gasteiger partial charge in [0.05, 0.1) is 17.4 Å². The van der Waals surface area contributed by atoms with Crippen molar-refractivity contribution in [1.29, 1.82) is 0 Å². The van der Waals surface area contributed by atoms with Crippen LogP contribution in [0, 0.1) is 12.7 Å². The summed E-state index contributed by atoms with van der Waals surface area (Å²) in [5.41, 5.74) is 7.92. The minimum atomic E-state index is -0.280. The van der Waals surface area contributed by atoms with Gasteiger partial charge in [-0.3, -0.25) is 9.38 Å². The highest BCUT2D eigenvalue weighted by molar-refractivity contribution is 5.94. The van der Waals surface area contributed by atoms with E-state index in [2.05, 4.69) is 73.8 Å². The molecule has 0 amide bonds. The molecule has 0 atom stereocenters. The SMILES string of the molecule is Cc1cc(-c2cnc3cc(-c4ccc(N5CCN(C)CC5)cc4)ccn23)c2ccc(F)cc2n1. The molecular formula is C28H26FN5. The van der Waals surface area contributed by atoms with Crippen molar-refractivity contribution < 1.29 is 4.39 Å². The molecule has 0 spiro atoms. The van der Waals surface area contributed by atoms with E-state index in [4.69, 9.17) is 0 Å². The first-order chi connectivity index (χ1) is 16.5. The van der Waals surface area contributed by atoms with Crippen LogP contribution in [0.5, 0.6) is 0 Å². The van der Waals surface area contributed by atoms with Gasteiger partial charge in [0.1, 0.15) is 11.5 Å². The quantitative estimate of drug-likeness (QED) is 0.367. The Kier molecular flexibility index (Phi) is 5.03. The van der Waals surface area contributed by atoms with Crippen LogP contribution >= 0.6 is 0 Å². The summed E-state index contributed by atoms with van der Waals surface area (Å²) >= 11 is 0. The van der Waals surface area contributed by atoms with Crippen molar-refractivity contribution in [3.05, 3.63) is 84.6 Å². The van der Waals surface area contributed by atoms with Crippen molar-refractivity contribution in [3.8, 4) is 22.4 Å². The second-order valence-corrected chi connectivity index (χ2v) is 9.10. The summed E-state index contributed by atoms with van der Waals surface area (Å²) in [5, 5.41) is 0.914. The molecule has 0 radical (unpaired) electrons. The number of hydrogen-bond donors (Lipinski definition) is 0. The first-order valence-corrected chi connectivity index (χ1v) is 11.6. The maximum absolute atomic E-state index is 13.8. The molecule has 6 heteroatoms. The number of imidazole rings is 1. The van der Waals surface area contributed by atoms with Crippen molar-refractivity contribution in [2.75, 3.05) is 38.1 Å². The van der Waals surface area contributed by atoms with Gasteiger partial charge in [0.25, 0.3) is 0 Å². The number of fused-ring (bicyclic) bond motifs is 2. The zero-order chi connectivity index (χ0) is 23.2. The highest BCUT2D eigenvalue weighted by Gasteiger charge is 2.15. The van der Waals surface area contributed by atoms with Gasteiger partial charge >= 0.3 is 0 Å². The van der Waals surface area contributed by atoms with Gasteiger partial charge in [-0.25, -0.2) is 9.37 Å². The van der Waals surface area contributed by atoms with Gasteiger partial charge in [-0.05, 0) is 67.6 Å². The van der Waals surface area contributed by atoms with Crippen LogP contribution in [0.15, 0.2) is 73.1 Å². The molecule has 6 rings (SSSR count). The number of likely N-dealkylation sites (N-methyl/N-ethyl adjacent to an activating group) is 1. The Balaban J connectivity index is 1.34. The molecule has 0 bridgehead atoms. The lowest BCUT2D eigenvalue weighted by atomic mass is 10.0. The molecular weight excluding hydrogens is 425 g/mol. The van der Waals surface area contributed by atoms with E-state index < -0.39 is 0 Å². The van der Waals surface area contributed by atoms with Crippen LogP contribution in [0.2, 0.25) is 0 Å². The number of pyridine rings is 2. The number of halogens is 1. The third kappa shape index (κ3) is 3.70. The van der Waals surface area contributed by atoms with E-state index in [9.17, 15) is 4.39 Å². The molecule has 0 N–H and O–H groups in total. The molecule has 5 nitrogen and oxygen atoms in total. The zero-order valence-electron chi connectivity index (χ0n) is 19.4. The third-order valence-corrected chi connectivity index (χ3v) is 6.76. The molecule has 170 valence electrons. The summed E-state index contributed by atoms with van der Waals surface area (Å²) in [4.78, 5) is 14.0. The summed E-state index contributed by atoms with van der Waals surface area (Å²) in [6.45, 7) is 6.26. The van der Waals surface area contributed by atoms with Gasteiger partial charge in [0.15, 0.2) is 0 Å². The third-order valence-electron chi connectivity index (χ3n) is 6.76. The van der Waals surface area contributed by atoms with Crippen molar-refractivity contribution in [1.82, 2.24) is 19.3 Å². The van der Waals surface area contributed by atoms with Crippen LogP contribution in [-0.2, 0) is 0 Å². The Morgan fingerprint density at radius 1 is 0.853 bits per heavy atom. The molecule has 0 saturated carbocycles. The van der Waals surface area contributed by atoms with Gasteiger partial charge in [0.2, 0.25) is 0 Å².